The van der Waals surface area contributed by atoms with Gasteiger partial charge in [0.15, 0.2) is 0 Å². The second-order valence-corrected chi connectivity index (χ2v) is 5.69. The largest absolute Gasteiger partial charge is 0.326 e. The van der Waals surface area contributed by atoms with Crippen LogP contribution in [0.3, 0.4) is 0 Å². The Balaban J connectivity index is 2.21. The highest BCUT2D eigenvalue weighted by atomic mass is 19.1. The number of fused-ring (bicyclic) bond motifs is 1. The summed E-state index contributed by atoms with van der Waals surface area (Å²) >= 11 is 0. The summed E-state index contributed by atoms with van der Waals surface area (Å²) in [5.74, 6) is 0.895. The maximum absolute atomic E-state index is 13.6. The Kier molecular flexibility index (Phi) is 3.50. The zero-order valence-corrected chi connectivity index (χ0v) is 12.2. The normalized spacial score (nSPS) is 22.8. The molecule has 1 unspecified atom stereocenters. The van der Waals surface area contributed by atoms with E-state index in [2.05, 4.69) is 23.7 Å². The molecule has 0 saturated carbocycles. The first-order chi connectivity index (χ1) is 9.70. The van der Waals surface area contributed by atoms with E-state index in [1.54, 1.807) is 12.1 Å². The number of halogens is 1. The Morgan fingerprint density at radius 1 is 1.40 bits per heavy atom. The van der Waals surface area contributed by atoms with Crippen molar-refractivity contribution in [2.45, 2.75) is 51.6 Å². The first-order valence-corrected chi connectivity index (χ1v) is 7.61. The van der Waals surface area contributed by atoms with E-state index >= 15 is 0 Å². The van der Waals surface area contributed by atoms with Gasteiger partial charge in [-0.1, -0.05) is 13.8 Å². The van der Waals surface area contributed by atoms with Gasteiger partial charge in [0.1, 0.15) is 11.6 Å². The van der Waals surface area contributed by atoms with Crippen molar-refractivity contribution >= 4 is 11.0 Å². The maximum Gasteiger partial charge on any atom is 0.130 e. The number of benzene rings is 1. The van der Waals surface area contributed by atoms with Crippen LogP contribution in [-0.2, 0) is 12.1 Å². The molecule has 1 aliphatic rings. The Labute approximate surface area is 119 Å². The van der Waals surface area contributed by atoms with Crippen molar-refractivity contribution in [3.63, 3.8) is 0 Å². The lowest BCUT2D eigenvalue weighted by atomic mass is 9.93. The van der Waals surface area contributed by atoms with Gasteiger partial charge >= 0.3 is 0 Å². The molecule has 0 amide bonds. The quantitative estimate of drug-likeness (QED) is 0.924. The van der Waals surface area contributed by atoms with Gasteiger partial charge in [-0.05, 0) is 50.4 Å². The third-order valence-electron chi connectivity index (χ3n) is 4.43. The summed E-state index contributed by atoms with van der Waals surface area (Å²) in [6.45, 7) is 6.28. The Morgan fingerprint density at radius 2 is 2.25 bits per heavy atom. The lowest BCUT2D eigenvalue weighted by Crippen LogP contribution is -2.38. The average molecular weight is 275 g/mol. The lowest BCUT2D eigenvalue weighted by molar-refractivity contribution is 0.338. The third kappa shape index (κ3) is 2.03. The van der Waals surface area contributed by atoms with Crippen molar-refractivity contribution in [3.05, 3.63) is 29.8 Å². The van der Waals surface area contributed by atoms with Gasteiger partial charge in [-0.15, -0.1) is 0 Å². The second-order valence-electron chi connectivity index (χ2n) is 5.69. The Morgan fingerprint density at radius 3 is 2.90 bits per heavy atom. The van der Waals surface area contributed by atoms with Crippen LogP contribution in [0, 0.1) is 5.82 Å². The van der Waals surface area contributed by atoms with Crippen LogP contribution in [0.2, 0.25) is 0 Å². The van der Waals surface area contributed by atoms with E-state index in [1.807, 2.05) is 0 Å². The molecular weight excluding hydrogens is 253 g/mol. The van der Waals surface area contributed by atoms with Crippen LogP contribution >= 0.6 is 0 Å². The molecule has 1 atom stereocenters. The fraction of sp³-hybridized carbons (Fsp3) is 0.562. The highest BCUT2D eigenvalue weighted by Crippen LogP contribution is 2.35. The molecule has 108 valence electrons. The van der Waals surface area contributed by atoms with E-state index in [0.29, 0.717) is 0 Å². The molecule has 0 spiro atoms. The summed E-state index contributed by atoms with van der Waals surface area (Å²) in [4.78, 5) is 4.83. The molecule has 1 aliphatic heterocycles. The van der Waals surface area contributed by atoms with Crippen LogP contribution < -0.4 is 5.32 Å². The van der Waals surface area contributed by atoms with Gasteiger partial charge in [0.2, 0.25) is 0 Å². The molecule has 1 saturated heterocycles. The van der Waals surface area contributed by atoms with E-state index in [9.17, 15) is 4.39 Å². The molecule has 2 aromatic rings. The van der Waals surface area contributed by atoms with Gasteiger partial charge in [0.25, 0.3) is 0 Å². The second kappa shape index (κ2) is 5.17. The molecule has 1 N–H and O–H groups in total. The van der Waals surface area contributed by atoms with Crippen molar-refractivity contribution in [1.29, 1.82) is 0 Å². The van der Waals surface area contributed by atoms with E-state index in [0.717, 1.165) is 49.2 Å². The van der Waals surface area contributed by atoms with Crippen molar-refractivity contribution in [1.82, 2.24) is 14.9 Å². The number of rotatable bonds is 4. The Bertz CT molecular complexity index is 611. The standard InChI is InChI=1S/C16H22FN3/c1-3-10-20-14-11-12(17)6-7-13(14)19-15(20)16(4-2)8-5-9-18-16/h6-7,11,18H,3-5,8-10H2,1-2H3. The number of hydrogen-bond donors (Lipinski definition) is 1. The highest BCUT2D eigenvalue weighted by molar-refractivity contribution is 5.76. The molecule has 0 aliphatic carbocycles. The van der Waals surface area contributed by atoms with Crippen LogP contribution in [0.25, 0.3) is 11.0 Å². The molecule has 20 heavy (non-hydrogen) atoms. The predicted octanol–water partition coefficient (Wildman–Crippen LogP) is 3.57. The zero-order chi connectivity index (χ0) is 14.2. The summed E-state index contributed by atoms with van der Waals surface area (Å²) in [7, 11) is 0. The van der Waals surface area contributed by atoms with Crippen LogP contribution in [-0.4, -0.2) is 16.1 Å². The van der Waals surface area contributed by atoms with Gasteiger partial charge in [0, 0.05) is 6.54 Å². The van der Waals surface area contributed by atoms with Crippen molar-refractivity contribution in [2.24, 2.45) is 0 Å². The molecule has 3 nitrogen and oxygen atoms in total. The van der Waals surface area contributed by atoms with Gasteiger partial charge in [-0.25, -0.2) is 9.37 Å². The van der Waals surface area contributed by atoms with Gasteiger partial charge in [-0.3, -0.25) is 0 Å². The highest BCUT2D eigenvalue weighted by Gasteiger charge is 2.38. The number of hydrogen-bond acceptors (Lipinski definition) is 2. The van der Waals surface area contributed by atoms with Gasteiger partial charge in [-0.2, -0.15) is 0 Å². The minimum absolute atomic E-state index is 0.0370. The molecule has 1 aromatic carbocycles. The van der Waals surface area contributed by atoms with Crippen LogP contribution in [0.1, 0.15) is 45.4 Å². The number of aromatic nitrogens is 2. The van der Waals surface area contributed by atoms with Crippen molar-refractivity contribution in [2.75, 3.05) is 6.54 Å². The summed E-state index contributed by atoms with van der Waals surface area (Å²) in [6.07, 6.45) is 4.33. The minimum Gasteiger partial charge on any atom is -0.326 e. The predicted molar refractivity (Wildman–Crippen MR) is 79.2 cm³/mol. The average Bonchev–Trinajstić information content (AvgIpc) is 3.05. The van der Waals surface area contributed by atoms with E-state index in [1.165, 1.54) is 12.5 Å². The number of nitrogens with one attached hydrogen (secondary N) is 1. The van der Waals surface area contributed by atoms with E-state index in [-0.39, 0.29) is 11.4 Å². The van der Waals surface area contributed by atoms with Crippen molar-refractivity contribution in [3.8, 4) is 0 Å². The molecule has 2 heterocycles. The molecule has 3 rings (SSSR count). The minimum atomic E-state index is -0.189. The lowest BCUT2D eigenvalue weighted by Gasteiger charge is -2.28. The topological polar surface area (TPSA) is 29.9 Å². The van der Waals surface area contributed by atoms with E-state index < -0.39 is 0 Å². The first kappa shape index (κ1) is 13.6. The zero-order valence-electron chi connectivity index (χ0n) is 12.2. The molecule has 1 aromatic heterocycles. The fourth-order valence-corrected chi connectivity index (χ4v) is 3.37. The monoisotopic (exact) mass is 275 g/mol. The Hall–Kier alpha value is -1.42. The summed E-state index contributed by atoms with van der Waals surface area (Å²) in [6, 6.07) is 4.90. The van der Waals surface area contributed by atoms with Gasteiger partial charge in [0.05, 0.1) is 16.6 Å². The SMILES string of the molecule is CCCn1c(C2(CC)CCCN2)nc2ccc(F)cc21. The summed E-state index contributed by atoms with van der Waals surface area (Å²) in [5, 5.41) is 3.63. The molecule has 0 radical (unpaired) electrons. The van der Waals surface area contributed by atoms with Crippen LogP contribution in [0.15, 0.2) is 18.2 Å². The molecule has 0 bridgehead atoms. The third-order valence-corrected chi connectivity index (χ3v) is 4.43. The van der Waals surface area contributed by atoms with Gasteiger partial charge < -0.3 is 9.88 Å². The maximum atomic E-state index is 13.6. The number of aryl methyl sites for hydroxylation is 1. The molecule has 4 heteroatoms. The smallest absolute Gasteiger partial charge is 0.130 e. The first-order valence-electron chi connectivity index (χ1n) is 7.61. The van der Waals surface area contributed by atoms with Crippen LogP contribution in [0.4, 0.5) is 4.39 Å². The summed E-state index contributed by atoms with van der Waals surface area (Å²) < 4.78 is 15.8. The number of imidazole rings is 1. The van der Waals surface area contributed by atoms with Crippen LogP contribution in [0.5, 0.6) is 0 Å². The number of nitrogens with zero attached hydrogens (tertiary/aromatic N) is 2. The van der Waals surface area contributed by atoms with E-state index in [4.69, 9.17) is 4.98 Å². The fourth-order valence-electron chi connectivity index (χ4n) is 3.37. The molecular formula is C16H22FN3. The summed E-state index contributed by atoms with van der Waals surface area (Å²) in [5.41, 5.74) is 1.78. The molecule has 1 fully saturated rings. The van der Waals surface area contributed by atoms with Crippen molar-refractivity contribution < 1.29 is 4.39 Å².